The molecule has 0 N–H and O–H groups in total. The predicted molar refractivity (Wildman–Crippen MR) is 93.6 cm³/mol. The molecule has 1 aromatic carbocycles. The van der Waals surface area contributed by atoms with E-state index in [-0.39, 0.29) is 6.10 Å². The van der Waals surface area contributed by atoms with Crippen molar-refractivity contribution in [2.75, 3.05) is 18.0 Å². The van der Waals surface area contributed by atoms with Gasteiger partial charge in [0.05, 0.1) is 3.57 Å². The minimum Gasteiger partial charge on any atom is -0.489 e. The lowest BCUT2D eigenvalue weighted by molar-refractivity contribution is 0.169. The Bertz CT molecular complexity index is 814. The van der Waals surface area contributed by atoms with Crippen molar-refractivity contribution in [1.82, 2.24) is 25.3 Å². The van der Waals surface area contributed by atoms with Crippen LogP contribution in [0.15, 0.2) is 36.4 Å². The number of hydrogen-bond donors (Lipinski definition) is 0. The first kappa shape index (κ1) is 14.6. The average molecular weight is 422 g/mol. The van der Waals surface area contributed by atoms with Crippen molar-refractivity contribution in [1.29, 1.82) is 0 Å². The molecule has 4 rings (SSSR count). The number of para-hydroxylation sites is 1. The van der Waals surface area contributed by atoms with Crippen molar-refractivity contribution in [2.45, 2.75) is 18.9 Å². The van der Waals surface area contributed by atoms with Gasteiger partial charge in [-0.2, -0.15) is 0 Å². The Morgan fingerprint density at radius 1 is 1.09 bits per heavy atom. The van der Waals surface area contributed by atoms with Gasteiger partial charge in [0.1, 0.15) is 11.9 Å². The summed E-state index contributed by atoms with van der Waals surface area (Å²) >= 11 is 2.31. The average Bonchev–Trinajstić information content (AvgIpc) is 3.05. The number of nitrogens with zero attached hydrogens (tertiary/aromatic N) is 6. The number of piperidine rings is 1. The molecule has 0 amide bonds. The Morgan fingerprint density at radius 3 is 2.74 bits per heavy atom. The fraction of sp³-hybridized carbons (Fsp3) is 0.333. The number of tetrazole rings is 1. The quantitative estimate of drug-likeness (QED) is 0.603. The first-order valence-corrected chi connectivity index (χ1v) is 8.59. The predicted octanol–water partition coefficient (Wildman–Crippen LogP) is 2.17. The van der Waals surface area contributed by atoms with E-state index in [4.69, 9.17) is 4.74 Å². The van der Waals surface area contributed by atoms with Gasteiger partial charge in [-0.05, 0) is 57.3 Å². The van der Waals surface area contributed by atoms with E-state index in [9.17, 15) is 0 Å². The second-order valence-corrected chi connectivity index (χ2v) is 6.61. The molecule has 3 aromatic rings. The van der Waals surface area contributed by atoms with Gasteiger partial charge in [0.15, 0.2) is 11.5 Å². The van der Waals surface area contributed by atoms with Crippen molar-refractivity contribution in [3.8, 4) is 5.75 Å². The van der Waals surface area contributed by atoms with E-state index in [0.717, 1.165) is 41.1 Å². The van der Waals surface area contributed by atoms with Crippen LogP contribution in [0.1, 0.15) is 12.8 Å². The molecule has 23 heavy (non-hydrogen) atoms. The standard InChI is InChI=1S/C15H15IN6O/c16-12-3-1-2-4-13(12)23-11-7-9-21(10-8-11)15-6-5-14-17-19-20-22(14)18-15/h1-6,11H,7-10H2. The minimum absolute atomic E-state index is 0.249. The van der Waals surface area contributed by atoms with Gasteiger partial charge in [-0.25, -0.2) is 0 Å². The van der Waals surface area contributed by atoms with E-state index < -0.39 is 0 Å². The minimum atomic E-state index is 0.249. The van der Waals surface area contributed by atoms with Gasteiger partial charge in [-0.15, -0.1) is 14.8 Å². The van der Waals surface area contributed by atoms with Crippen LogP contribution < -0.4 is 9.64 Å². The second-order valence-electron chi connectivity index (χ2n) is 5.45. The summed E-state index contributed by atoms with van der Waals surface area (Å²) in [4.78, 5) is 2.25. The molecule has 0 atom stereocenters. The van der Waals surface area contributed by atoms with Crippen molar-refractivity contribution in [2.24, 2.45) is 0 Å². The number of benzene rings is 1. The van der Waals surface area contributed by atoms with Gasteiger partial charge < -0.3 is 9.64 Å². The van der Waals surface area contributed by atoms with Gasteiger partial charge in [-0.3, -0.25) is 0 Å². The molecule has 0 aliphatic carbocycles. The largest absolute Gasteiger partial charge is 0.489 e. The summed E-state index contributed by atoms with van der Waals surface area (Å²) in [5, 5.41) is 15.8. The second kappa shape index (κ2) is 6.26. The third kappa shape index (κ3) is 3.07. The Hall–Kier alpha value is -1.97. The fourth-order valence-corrected chi connectivity index (χ4v) is 3.25. The van der Waals surface area contributed by atoms with Crippen LogP contribution in [0.25, 0.3) is 5.65 Å². The van der Waals surface area contributed by atoms with Crippen LogP contribution in [0.5, 0.6) is 5.75 Å². The summed E-state index contributed by atoms with van der Waals surface area (Å²) in [5.41, 5.74) is 0.658. The summed E-state index contributed by atoms with van der Waals surface area (Å²) < 4.78 is 8.75. The van der Waals surface area contributed by atoms with Gasteiger partial charge in [-0.1, -0.05) is 12.1 Å². The molecule has 2 aromatic heterocycles. The van der Waals surface area contributed by atoms with E-state index in [2.05, 4.69) is 54.2 Å². The number of fused-ring (bicyclic) bond motifs is 1. The summed E-state index contributed by atoms with van der Waals surface area (Å²) in [7, 11) is 0. The first-order valence-electron chi connectivity index (χ1n) is 7.51. The molecule has 1 fully saturated rings. The Balaban J connectivity index is 1.41. The Labute approximate surface area is 146 Å². The molecule has 1 aliphatic rings. The smallest absolute Gasteiger partial charge is 0.200 e. The number of anilines is 1. The van der Waals surface area contributed by atoms with E-state index in [0.29, 0.717) is 5.65 Å². The van der Waals surface area contributed by atoms with Crippen molar-refractivity contribution >= 4 is 34.1 Å². The molecule has 3 heterocycles. The Kier molecular flexibility index (Phi) is 3.98. The molecule has 118 valence electrons. The normalized spacial score (nSPS) is 16.0. The highest BCUT2D eigenvalue weighted by Crippen LogP contribution is 2.25. The topological polar surface area (TPSA) is 68.4 Å². The molecule has 0 spiro atoms. The SMILES string of the molecule is Ic1ccccc1OC1CCN(c2ccc3nnnn3n2)CC1. The number of ether oxygens (including phenoxy) is 1. The molecular weight excluding hydrogens is 407 g/mol. The van der Waals surface area contributed by atoms with Crippen LogP contribution in [0.2, 0.25) is 0 Å². The molecule has 8 heteroatoms. The zero-order chi connectivity index (χ0) is 15.6. The first-order chi connectivity index (χ1) is 11.3. The highest BCUT2D eigenvalue weighted by molar-refractivity contribution is 14.1. The van der Waals surface area contributed by atoms with Crippen LogP contribution in [0.3, 0.4) is 0 Å². The third-order valence-corrected chi connectivity index (χ3v) is 4.84. The maximum Gasteiger partial charge on any atom is 0.200 e. The molecule has 1 aliphatic heterocycles. The summed E-state index contributed by atoms with van der Waals surface area (Å²) in [6.07, 6.45) is 2.19. The molecule has 0 unspecified atom stereocenters. The number of aromatic nitrogens is 5. The number of hydrogen-bond acceptors (Lipinski definition) is 6. The highest BCUT2D eigenvalue weighted by atomic mass is 127. The zero-order valence-corrected chi connectivity index (χ0v) is 14.5. The summed E-state index contributed by atoms with van der Waals surface area (Å²) in [5.74, 6) is 1.87. The van der Waals surface area contributed by atoms with E-state index in [1.165, 1.54) is 4.63 Å². The van der Waals surface area contributed by atoms with Crippen LogP contribution in [0.4, 0.5) is 5.82 Å². The lowest BCUT2D eigenvalue weighted by atomic mass is 10.1. The molecule has 0 radical (unpaired) electrons. The summed E-state index contributed by atoms with van der Waals surface area (Å²) in [6.45, 7) is 1.82. The lowest BCUT2D eigenvalue weighted by Gasteiger charge is -2.32. The van der Waals surface area contributed by atoms with Gasteiger partial charge in [0.2, 0.25) is 0 Å². The maximum absolute atomic E-state index is 6.14. The van der Waals surface area contributed by atoms with Crippen LogP contribution in [-0.2, 0) is 0 Å². The third-order valence-electron chi connectivity index (χ3n) is 3.95. The van der Waals surface area contributed by atoms with Gasteiger partial charge >= 0.3 is 0 Å². The van der Waals surface area contributed by atoms with E-state index in [1.807, 2.05) is 30.3 Å². The molecule has 1 saturated heterocycles. The lowest BCUT2D eigenvalue weighted by Crippen LogP contribution is -2.39. The molecule has 0 bridgehead atoms. The van der Waals surface area contributed by atoms with Crippen molar-refractivity contribution in [3.63, 3.8) is 0 Å². The highest BCUT2D eigenvalue weighted by Gasteiger charge is 2.22. The van der Waals surface area contributed by atoms with Crippen molar-refractivity contribution < 1.29 is 4.74 Å². The molecular formula is C15H15IN6O. The Morgan fingerprint density at radius 2 is 1.91 bits per heavy atom. The zero-order valence-electron chi connectivity index (χ0n) is 12.3. The van der Waals surface area contributed by atoms with E-state index in [1.54, 1.807) is 0 Å². The van der Waals surface area contributed by atoms with E-state index >= 15 is 0 Å². The van der Waals surface area contributed by atoms with Crippen LogP contribution >= 0.6 is 22.6 Å². The monoisotopic (exact) mass is 422 g/mol. The number of rotatable bonds is 3. The van der Waals surface area contributed by atoms with Crippen molar-refractivity contribution in [3.05, 3.63) is 40.0 Å². The van der Waals surface area contributed by atoms with Gasteiger partial charge in [0, 0.05) is 25.9 Å². The maximum atomic E-state index is 6.14. The van der Waals surface area contributed by atoms with Crippen LogP contribution in [0, 0.1) is 3.57 Å². The van der Waals surface area contributed by atoms with Crippen LogP contribution in [-0.4, -0.2) is 44.4 Å². The summed E-state index contributed by atoms with van der Waals surface area (Å²) in [6, 6.07) is 12.0. The van der Waals surface area contributed by atoms with Gasteiger partial charge in [0.25, 0.3) is 0 Å². The fourth-order valence-electron chi connectivity index (χ4n) is 2.73. The molecule has 7 nitrogen and oxygen atoms in total. The number of halogens is 1. The molecule has 0 saturated carbocycles.